The zero-order valence-corrected chi connectivity index (χ0v) is 21.3. The number of carbonyl (C=O) groups excluding carboxylic acids is 1. The number of likely N-dealkylation sites (tertiary alicyclic amines) is 1. The van der Waals surface area contributed by atoms with Gasteiger partial charge in [0, 0.05) is 51.8 Å². The van der Waals surface area contributed by atoms with Gasteiger partial charge in [0.05, 0.1) is 0 Å². The second-order valence-electron chi connectivity index (χ2n) is 9.98. The third kappa shape index (κ3) is 7.61. The molecule has 0 saturated carbocycles. The van der Waals surface area contributed by atoms with Crippen LogP contribution in [0.1, 0.15) is 37.7 Å². The molecule has 0 unspecified atom stereocenters. The van der Waals surface area contributed by atoms with Crippen molar-refractivity contribution in [2.24, 2.45) is 5.92 Å². The van der Waals surface area contributed by atoms with Gasteiger partial charge in [0.15, 0.2) is 0 Å². The SMILES string of the molecule is COC1(C(=O)NCCC2CCN(Cc3ccccc3)CC2)CCN(c2ccc(OC(F)(F)F)cc2)CC1. The lowest BCUT2D eigenvalue weighted by atomic mass is 9.89. The van der Waals surface area contributed by atoms with E-state index in [0.29, 0.717) is 38.4 Å². The van der Waals surface area contributed by atoms with Crippen molar-refractivity contribution in [2.45, 2.75) is 50.6 Å². The number of hydrogen-bond donors (Lipinski definition) is 1. The summed E-state index contributed by atoms with van der Waals surface area (Å²) in [6, 6.07) is 16.4. The van der Waals surface area contributed by atoms with Gasteiger partial charge >= 0.3 is 6.36 Å². The van der Waals surface area contributed by atoms with Crippen LogP contribution >= 0.6 is 0 Å². The Morgan fingerprint density at radius 3 is 2.24 bits per heavy atom. The van der Waals surface area contributed by atoms with Crippen molar-refractivity contribution in [3.05, 3.63) is 60.2 Å². The number of halogens is 3. The average molecular weight is 520 g/mol. The molecular formula is C28H36F3N3O3. The van der Waals surface area contributed by atoms with Crippen LogP contribution < -0.4 is 15.0 Å². The number of piperidine rings is 2. The summed E-state index contributed by atoms with van der Waals surface area (Å²) in [6.45, 7) is 4.92. The van der Waals surface area contributed by atoms with Gasteiger partial charge in [-0.2, -0.15) is 0 Å². The second kappa shape index (κ2) is 12.2. The molecule has 0 radical (unpaired) electrons. The highest BCUT2D eigenvalue weighted by Gasteiger charge is 2.41. The number of nitrogens with one attached hydrogen (secondary N) is 1. The maximum absolute atomic E-state index is 13.1. The number of nitrogens with zero attached hydrogens (tertiary/aromatic N) is 2. The van der Waals surface area contributed by atoms with E-state index >= 15 is 0 Å². The normalized spacial score (nSPS) is 19.0. The molecule has 9 heteroatoms. The average Bonchev–Trinajstić information content (AvgIpc) is 2.90. The fourth-order valence-electron chi connectivity index (χ4n) is 5.33. The van der Waals surface area contributed by atoms with Crippen molar-refractivity contribution in [1.82, 2.24) is 10.2 Å². The topological polar surface area (TPSA) is 54.0 Å². The van der Waals surface area contributed by atoms with Crippen LogP contribution in [-0.4, -0.2) is 62.6 Å². The summed E-state index contributed by atoms with van der Waals surface area (Å²) in [6.07, 6.45) is -0.456. The smallest absolute Gasteiger partial charge is 0.406 e. The molecule has 4 rings (SSSR count). The van der Waals surface area contributed by atoms with E-state index in [0.717, 1.165) is 44.6 Å². The van der Waals surface area contributed by atoms with Gasteiger partial charge in [-0.1, -0.05) is 30.3 Å². The van der Waals surface area contributed by atoms with Crippen molar-refractivity contribution in [3.63, 3.8) is 0 Å². The summed E-state index contributed by atoms with van der Waals surface area (Å²) in [5.74, 6) is 0.280. The summed E-state index contributed by atoms with van der Waals surface area (Å²) >= 11 is 0. The number of rotatable bonds is 9. The van der Waals surface area contributed by atoms with Crippen LogP contribution in [0.15, 0.2) is 54.6 Å². The first-order chi connectivity index (χ1) is 17.8. The van der Waals surface area contributed by atoms with E-state index in [9.17, 15) is 18.0 Å². The van der Waals surface area contributed by atoms with Crippen LogP contribution in [0.3, 0.4) is 0 Å². The van der Waals surface area contributed by atoms with Gasteiger partial charge in [0.25, 0.3) is 5.91 Å². The standard InChI is InChI=1S/C28H36F3N3O3/c1-36-27(14-19-34(20-15-27)24-7-9-25(10-8-24)37-28(29,30)31)26(35)32-16-11-22-12-17-33(18-13-22)21-23-5-3-2-4-6-23/h2-10,22H,11-21H2,1H3,(H,32,35). The minimum Gasteiger partial charge on any atom is -0.406 e. The molecule has 1 amide bonds. The van der Waals surface area contributed by atoms with E-state index in [-0.39, 0.29) is 11.7 Å². The Hall–Kier alpha value is -2.78. The van der Waals surface area contributed by atoms with Crippen LogP contribution in [0.4, 0.5) is 18.9 Å². The minimum atomic E-state index is -4.71. The zero-order valence-electron chi connectivity index (χ0n) is 21.3. The maximum atomic E-state index is 13.1. The Labute approximate surface area is 216 Å². The number of ether oxygens (including phenoxy) is 2. The van der Waals surface area contributed by atoms with Crippen molar-refractivity contribution in [2.75, 3.05) is 44.7 Å². The third-order valence-corrected chi connectivity index (χ3v) is 7.61. The van der Waals surface area contributed by atoms with Crippen LogP contribution in [0.2, 0.25) is 0 Å². The number of methoxy groups -OCH3 is 1. The number of hydrogen-bond acceptors (Lipinski definition) is 5. The minimum absolute atomic E-state index is 0.0786. The summed E-state index contributed by atoms with van der Waals surface area (Å²) in [5, 5.41) is 3.11. The molecule has 202 valence electrons. The fraction of sp³-hybridized carbons (Fsp3) is 0.536. The molecule has 0 atom stereocenters. The Morgan fingerprint density at radius 1 is 1.00 bits per heavy atom. The third-order valence-electron chi connectivity index (χ3n) is 7.61. The molecule has 2 aliphatic heterocycles. The Balaban J connectivity index is 1.18. The first kappa shape index (κ1) is 27.3. The monoisotopic (exact) mass is 519 g/mol. The first-order valence-electron chi connectivity index (χ1n) is 13.0. The molecule has 0 spiro atoms. The number of carbonyl (C=O) groups is 1. The highest BCUT2D eigenvalue weighted by Crippen LogP contribution is 2.31. The molecule has 0 aromatic heterocycles. The van der Waals surface area contributed by atoms with Gasteiger partial charge in [0.2, 0.25) is 0 Å². The lowest BCUT2D eigenvalue weighted by Crippen LogP contribution is -2.55. The molecule has 37 heavy (non-hydrogen) atoms. The van der Waals surface area contributed by atoms with Gasteiger partial charge in [0.1, 0.15) is 11.4 Å². The largest absolute Gasteiger partial charge is 0.573 e. The summed E-state index contributed by atoms with van der Waals surface area (Å²) in [4.78, 5) is 17.6. The van der Waals surface area contributed by atoms with Crippen molar-refractivity contribution in [3.8, 4) is 5.75 Å². The van der Waals surface area contributed by atoms with E-state index in [1.807, 2.05) is 11.0 Å². The molecule has 2 heterocycles. The highest BCUT2D eigenvalue weighted by atomic mass is 19.4. The van der Waals surface area contributed by atoms with Crippen molar-refractivity contribution in [1.29, 1.82) is 0 Å². The van der Waals surface area contributed by atoms with Crippen LogP contribution in [0, 0.1) is 5.92 Å². The van der Waals surface area contributed by atoms with E-state index in [1.54, 1.807) is 19.2 Å². The van der Waals surface area contributed by atoms with E-state index in [4.69, 9.17) is 4.74 Å². The lowest BCUT2D eigenvalue weighted by molar-refractivity contribution is -0.274. The van der Waals surface area contributed by atoms with Gasteiger partial charge < -0.3 is 19.7 Å². The van der Waals surface area contributed by atoms with Gasteiger partial charge in [-0.05, 0) is 68.1 Å². The highest BCUT2D eigenvalue weighted by molar-refractivity contribution is 5.85. The molecule has 6 nitrogen and oxygen atoms in total. The second-order valence-corrected chi connectivity index (χ2v) is 9.98. The fourth-order valence-corrected chi connectivity index (χ4v) is 5.33. The number of amides is 1. The summed E-state index contributed by atoms with van der Waals surface area (Å²) in [5.41, 5.74) is 1.25. The molecular weight excluding hydrogens is 483 g/mol. The molecule has 2 aromatic rings. The van der Waals surface area contributed by atoms with E-state index < -0.39 is 12.0 Å². The molecule has 2 saturated heterocycles. The first-order valence-corrected chi connectivity index (χ1v) is 13.0. The van der Waals surface area contributed by atoms with Gasteiger partial charge in [-0.25, -0.2) is 0 Å². The van der Waals surface area contributed by atoms with E-state index in [2.05, 4.69) is 39.2 Å². The van der Waals surface area contributed by atoms with Gasteiger partial charge in [-0.3, -0.25) is 9.69 Å². The van der Waals surface area contributed by atoms with Crippen LogP contribution in [0.5, 0.6) is 5.75 Å². The predicted molar refractivity (Wildman–Crippen MR) is 136 cm³/mol. The molecule has 0 bridgehead atoms. The Morgan fingerprint density at radius 2 is 1.65 bits per heavy atom. The quantitative estimate of drug-likeness (QED) is 0.506. The lowest BCUT2D eigenvalue weighted by Gasteiger charge is -2.40. The van der Waals surface area contributed by atoms with Crippen molar-refractivity contribution < 1.29 is 27.4 Å². The number of alkyl halides is 3. The molecule has 2 fully saturated rings. The maximum Gasteiger partial charge on any atom is 0.573 e. The Kier molecular flexibility index (Phi) is 8.97. The summed E-state index contributed by atoms with van der Waals surface area (Å²) < 4.78 is 46.8. The van der Waals surface area contributed by atoms with E-state index in [1.165, 1.54) is 17.7 Å². The zero-order chi connectivity index (χ0) is 26.3. The van der Waals surface area contributed by atoms with Crippen molar-refractivity contribution >= 4 is 11.6 Å². The molecule has 0 aliphatic carbocycles. The summed E-state index contributed by atoms with van der Waals surface area (Å²) in [7, 11) is 1.57. The van der Waals surface area contributed by atoms with Gasteiger partial charge in [-0.15, -0.1) is 13.2 Å². The Bertz CT molecular complexity index is 985. The number of anilines is 1. The van der Waals surface area contributed by atoms with Crippen LogP contribution in [0.25, 0.3) is 0 Å². The molecule has 2 aromatic carbocycles. The van der Waals surface area contributed by atoms with Crippen LogP contribution in [-0.2, 0) is 16.1 Å². The number of benzene rings is 2. The predicted octanol–water partition coefficient (Wildman–Crippen LogP) is 4.99. The molecule has 2 aliphatic rings. The molecule has 1 N–H and O–H groups in total.